The second kappa shape index (κ2) is 8.10. The van der Waals surface area contributed by atoms with Gasteiger partial charge in [0.2, 0.25) is 15.8 Å². The van der Waals surface area contributed by atoms with Crippen LogP contribution in [0.1, 0.15) is 29.1 Å². The highest BCUT2D eigenvalue weighted by Gasteiger charge is 2.27. The van der Waals surface area contributed by atoms with Crippen LogP contribution in [0.3, 0.4) is 0 Å². The second-order valence-corrected chi connectivity index (χ2v) is 8.40. The quantitative estimate of drug-likeness (QED) is 0.564. The minimum atomic E-state index is -3.52. The normalized spacial score (nSPS) is 14.8. The molecule has 0 N–H and O–H groups in total. The summed E-state index contributed by atoms with van der Waals surface area (Å²) in [5.74, 6) is -0.123. The van der Waals surface area contributed by atoms with E-state index >= 15 is 0 Å². The Balaban J connectivity index is 1.38. The van der Waals surface area contributed by atoms with Crippen molar-refractivity contribution >= 4 is 16.0 Å². The number of benzene rings is 1. The zero-order valence-electron chi connectivity index (χ0n) is 15.4. The maximum Gasteiger partial charge on any atom is 0.338 e. The number of sulfonamides is 1. The zero-order chi connectivity index (χ0) is 20.3. The summed E-state index contributed by atoms with van der Waals surface area (Å²) in [6.07, 6.45) is 4.95. The Morgan fingerprint density at radius 2 is 1.90 bits per heavy atom. The van der Waals surface area contributed by atoms with Gasteiger partial charge in [0.05, 0.1) is 10.5 Å². The van der Waals surface area contributed by atoms with Crippen LogP contribution >= 0.6 is 0 Å². The van der Waals surface area contributed by atoms with Gasteiger partial charge < -0.3 is 9.26 Å². The van der Waals surface area contributed by atoms with Crippen molar-refractivity contribution in [3.63, 3.8) is 0 Å². The van der Waals surface area contributed by atoms with Crippen molar-refractivity contribution in [1.82, 2.24) is 19.4 Å². The van der Waals surface area contributed by atoms with Gasteiger partial charge in [0.1, 0.15) is 0 Å². The summed E-state index contributed by atoms with van der Waals surface area (Å²) in [6.45, 7) is 0.856. The Bertz CT molecular complexity index is 1090. The van der Waals surface area contributed by atoms with Gasteiger partial charge >= 0.3 is 5.97 Å². The van der Waals surface area contributed by atoms with E-state index in [1.807, 2.05) is 0 Å². The van der Waals surface area contributed by atoms with Crippen LogP contribution in [0.2, 0.25) is 0 Å². The highest BCUT2D eigenvalue weighted by Crippen LogP contribution is 2.21. The molecule has 1 aliphatic rings. The van der Waals surface area contributed by atoms with E-state index in [9.17, 15) is 13.2 Å². The highest BCUT2D eigenvalue weighted by atomic mass is 32.2. The first-order valence-corrected chi connectivity index (χ1v) is 10.5. The Kier molecular flexibility index (Phi) is 5.36. The lowest BCUT2D eigenvalue weighted by Gasteiger charge is -2.15. The average molecular weight is 414 g/mol. The van der Waals surface area contributed by atoms with Crippen LogP contribution in [0.25, 0.3) is 11.4 Å². The van der Waals surface area contributed by atoms with Gasteiger partial charge in [-0.25, -0.2) is 13.2 Å². The molecule has 0 bridgehead atoms. The lowest BCUT2D eigenvalue weighted by Crippen LogP contribution is -2.27. The molecule has 9 nitrogen and oxygen atoms in total. The van der Waals surface area contributed by atoms with Crippen molar-refractivity contribution in [2.24, 2.45) is 0 Å². The maximum atomic E-state index is 12.5. The Labute approximate surface area is 167 Å². The first-order chi connectivity index (χ1) is 14.0. The lowest BCUT2D eigenvalue weighted by atomic mass is 10.2. The molecule has 1 aliphatic heterocycles. The fourth-order valence-corrected chi connectivity index (χ4v) is 4.49. The SMILES string of the molecule is O=C(OCc1nc(-c2cccnc2)no1)c1ccc(S(=O)(=O)N2CCCC2)cc1. The van der Waals surface area contributed by atoms with E-state index in [0.29, 0.717) is 24.5 Å². The Morgan fingerprint density at radius 1 is 1.14 bits per heavy atom. The minimum absolute atomic E-state index is 0.144. The number of pyridine rings is 1. The van der Waals surface area contributed by atoms with Crippen LogP contribution in [0.4, 0.5) is 0 Å². The van der Waals surface area contributed by atoms with E-state index in [2.05, 4.69) is 15.1 Å². The van der Waals surface area contributed by atoms with E-state index < -0.39 is 16.0 Å². The average Bonchev–Trinajstić information content (AvgIpc) is 3.45. The van der Waals surface area contributed by atoms with Crippen LogP contribution in [-0.2, 0) is 21.4 Å². The topological polar surface area (TPSA) is 115 Å². The summed E-state index contributed by atoms with van der Waals surface area (Å²) in [4.78, 5) is 20.5. The van der Waals surface area contributed by atoms with Crippen molar-refractivity contribution in [3.05, 3.63) is 60.2 Å². The van der Waals surface area contributed by atoms with Crippen LogP contribution in [-0.4, -0.2) is 46.9 Å². The molecule has 0 saturated carbocycles. The fourth-order valence-electron chi connectivity index (χ4n) is 2.98. The molecular weight excluding hydrogens is 396 g/mol. The number of carbonyl (C=O) groups is 1. The summed E-state index contributed by atoms with van der Waals surface area (Å²) in [6, 6.07) is 9.22. The molecule has 1 saturated heterocycles. The van der Waals surface area contributed by atoms with E-state index in [4.69, 9.17) is 9.26 Å². The number of nitrogens with zero attached hydrogens (tertiary/aromatic N) is 4. The van der Waals surface area contributed by atoms with E-state index in [0.717, 1.165) is 12.8 Å². The summed E-state index contributed by atoms with van der Waals surface area (Å²) in [5, 5.41) is 3.82. The number of esters is 1. The zero-order valence-corrected chi connectivity index (χ0v) is 16.2. The van der Waals surface area contributed by atoms with Gasteiger partial charge in [-0.05, 0) is 49.2 Å². The number of ether oxygens (including phenoxy) is 1. The monoisotopic (exact) mass is 414 g/mol. The van der Waals surface area contributed by atoms with Gasteiger partial charge in [0, 0.05) is 31.0 Å². The number of carbonyl (C=O) groups excluding carboxylic acids is 1. The Morgan fingerprint density at radius 3 is 2.59 bits per heavy atom. The number of aromatic nitrogens is 3. The van der Waals surface area contributed by atoms with E-state index in [1.54, 1.807) is 24.5 Å². The van der Waals surface area contributed by atoms with Gasteiger partial charge in [0.15, 0.2) is 6.61 Å². The first kappa shape index (κ1) is 19.2. The van der Waals surface area contributed by atoms with Gasteiger partial charge in [-0.3, -0.25) is 4.98 Å². The third-order valence-corrected chi connectivity index (χ3v) is 6.42. The molecular formula is C19H18N4O5S. The molecule has 4 rings (SSSR count). The predicted octanol–water partition coefficient (Wildman–Crippen LogP) is 2.27. The second-order valence-electron chi connectivity index (χ2n) is 6.47. The predicted molar refractivity (Wildman–Crippen MR) is 101 cm³/mol. The number of hydrogen-bond acceptors (Lipinski definition) is 8. The van der Waals surface area contributed by atoms with E-state index in [1.165, 1.54) is 28.6 Å². The molecule has 0 aliphatic carbocycles. The molecule has 29 heavy (non-hydrogen) atoms. The molecule has 0 radical (unpaired) electrons. The highest BCUT2D eigenvalue weighted by molar-refractivity contribution is 7.89. The molecule has 0 unspecified atom stereocenters. The third-order valence-electron chi connectivity index (χ3n) is 4.51. The molecule has 1 aromatic carbocycles. The maximum absolute atomic E-state index is 12.5. The van der Waals surface area contributed by atoms with Crippen LogP contribution in [0.5, 0.6) is 0 Å². The molecule has 3 heterocycles. The number of hydrogen-bond donors (Lipinski definition) is 0. The molecule has 1 fully saturated rings. The van der Waals surface area contributed by atoms with Gasteiger partial charge in [-0.15, -0.1) is 0 Å². The smallest absolute Gasteiger partial charge is 0.338 e. The largest absolute Gasteiger partial charge is 0.452 e. The van der Waals surface area contributed by atoms with Crippen molar-refractivity contribution in [3.8, 4) is 11.4 Å². The van der Waals surface area contributed by atoms with Gasteiger partial charge in [0.25, 0.3) is 5.89 Å². The van der Waals surface area contributed by atoms with Gasteiger partial charge in [-0.2, -0.15) is 9.29 Å². The molecule has 0 amide bonds. The Hall–Kier alpha value is -3.11. The van der Waals surface area contributed by atoms with Crippen molar-refractivity contribution in [2.75, 3.05) is 13.1 Å². The summed E-state index contributed by atoms with van der Waals surface area (Å²) < 4.78 is 36.8. The van der Waals surface area contributed by atoms with Crippen LogP contribution in [0.15, 0.2) is 58.2 Å². The molecule has 3 aromatic rings. The summed E-state index contributed by atoms with van der Waals surface area (Å²) in [7, 11) is -3.52. The first-order valence-electron chi connectivity index (χ1n) is 9.04. The molecule has 0 spiro atoms. The molecule has 0 atom stereocenters. The summed E-state index contributed by atoms with van der Waals surface area (Å²) in [5.41, 5.74) is 0.918. The van der Waals surface area contributed by atoms with Crippen LogP contribution in [0, 0.1) is 0 Å². The lowest BCUT2D eigenvalue weighted by molar-refractivity contribution is 0.0429. The molecule has 10 heteroatoms. The molecule has 2 aromatic heterocycles. The van der Waals surface area contributed by atoms with Crippen molar-refractivity contribution < 1.29 is 22.5 Å². The summed E-state index contributed by atoms with van der Waals surface area (Å²) >= 11 is 0. The van der Waals surface area contributed by atoms with Gasteiger partial charge in [-0.1, -0.05) is 5.16 Å². The minimum Gasteiger partial charge on any atom is -0.452 e. The standard InChI is InChI=1S/C19H18N4O5S/c24-19(27-13-17-21-18(22-28-17)15-4-3-9-20-12-15)14-5-7-16(8-6-14)29(25,26)23-10-1-2-11-23/h3-9,12H,1-2,10-11,13H2. The van der Waals surface area contributed by atoms with E-state index in [-0.39, 0.29) is 23.0 Å². The fraction of sp³-hybridized carbons (Fsp3) is 0.263. The number of rotatable bonds is 6. The molecule has 150 valence electrons. The van der Waals surface area contributed by atoms with Crippen molar-refractivity contribution in [2.45, 2.75) is 24.3 Å². The third kappa shape index (κ3) is 4.17. The van der Waals surface area contributed by atoms with Crippen molar-refractivity contribution in [1.29, 1.82) is 0 Å². The van der Waals surface area contributed by atoms with Crippen LogP contribution < -0.4 is 0 Å².